The molecule has 2 heterocycles. The first-order valence-electron chi connectivity index (χ1n) is 8.42. The molecule has 2 aromatic rings. The van der Waals surface area contributed by atoms with Crippen LogP contribution >= 0.6 is 11.3 Å². The second-order valence-electron chi connectivity index (χ2n) is 6.19. The van der Waals surface area contributed by atoms with Gasteiger partial charge in [0.25, 0.3) is 0 Å². The molecule has 1 aromatic carbocycles. The van der Waals surface area contributed by atoms with E-state index < -0.39 is 0 Å². The van der Waals surface area contributed by atoms with Crippen molar-refractivity contribution in [2.45, 2.75) is 20.3 Å². The highest BCUT2D eigenvalue weighted by molar-refractivity contribution is 7.13. The lowest BCUT2D eigenvalue weighted by Crippen LogP contribution is -2.36. The fraction of sp³-hybridized carbons (Fsp3) is 0.389. The maximum atomic E-state index is 12.0. The molecule has 1 aliphatic rings. The number of aryl methyl sites for hydroxylation is 2. The number of hydrogen-bond donors (Lipinski definition) is 2. The minimum absolute atomic E-state index is 0.186. The SMILES string of the molecule is Cc1cc(/C=N/NC(=O)Cc2csc(N3CCOCC3)n2)cc(C)c1O. The molecule has 0 bridgehead atoms. The molecule has 7 nitrogen and oxygen atoms in total. The molecule has 1 fully saturated rings. The topological polar surface area (TPSA) is 87.1 Å². The van der Waals surface area contributed by atoms with E-state index in [-0.39, 0.29) is 18.1 Å². The van der Waals surface area contributed by atoms with Gasteiger partial charge in [-0.25, -0.2) is 10.4 Å². The number of ether oxygens (including phenoxy) is 1. The molecule has 1 amide bonds. The van der Waals surface area contributed by atoms with Crippen molar-refractivity contribution in [2.24, 2.45) is 5.10 Å². The van der Waals surface area contributed by atoms with Crippen LogP contribution in [0.4, 0.5) is 5.13 Å². The molecule has 0 unspecified atom stereocenters. The molecular formula is C18H22N4O3S. The molecule has 3 rings (SSSR count). The van der Waals surface area contributed by atoms with E-state index >= 15 is 0 Å². The van der Waals surface area contributed by atoms with Crippen LogP contribution < -0.4 is 10.3 Å². The van der Waals surface area contributed by atoms with Gasteiger partial charge in [0.05, 0.1) is 31.5 Å². The first-order valence-corrected chi connectivity index (χ1v) is 9.30. The number of morpholine rings is 1. The Balaban J connectivity index is 1.53. The Morgan fingerprint density at radius 2 is 2.08 bits per heavy atom. The third-order valence-electron chi connectivity index (χ3n) is 4.08. The number of nitrogens with one attached hydrogen (secondary N) is 1. The Labute approximate surface area is 156 Å². The Morgan fingerprint density at radius 3 is 2.77 bits per heavy atom. The van der Waals surface area contributed by atoms with Gasteiger partial charge in [-0.15, -0.1) is 11.3 Å². The Bertz CT molecular complexity index is 790. The summed E-state index contributed by atoms with van der Waals surface area (Å²) in [5.41, 5.74) is 5.63. The van der Waals surface area contributed by atoms with E-state index in [4.69, 9.17) is 4.74 Å². The fourth-order valence-corrected chi connectivity index (χ4v) is 3.60. The normalized spacial score (nSPS) is 14.8. The maximum absolute atomic E-state index is 12.0. The minimum Gasteiger partial charge on any atom is -0.507 e. The first kappa shape index (κ1) is 18.3. The molecule has 0 aliphatic carbocycles. The monoisotopic (exact) mass is 374 g/mol. The van der Waals surface area contributed by atoms with Crippen LogP contribution in [0.1, 0.15) is 22.4 Å². The zero-order valence-electron chi connectivity index (χ0n) is 14.9. The second-order valence-corrected chi connectivity index (χ2v) is 7.03. The van der Waals surface area contributed by atoms with Gasteiger partial charge in [-0.1, -0.05) is 0 Å². The van der Waals surface area contributed by atoms with Gasteiger partial charge in [0.15, 0.2) is 5.13 Å². The number of phenols is 1. The highest BCUT2D eigenvalue weighted by atomic mass is 32.1. The zero-order chi connectivity index (χ0) is 18.5. The molecule has 1 aliphatic heterocycles. The van der Waals surface area contributed by atoms with Crippen molar-refractivity contribution < 1.29 is 14.6 Å². The van der Waals surface area contributed by atoms with E-state index in [0.29, 0.717) is 13.2 Å². The van der Waals surface area contributed by atoms with Gasteiger partial charge in [0, 0.05) is 18.5 Å². The van der Waals surface area contributed by atoms with Gasteiger partial charge in [0.2, 0.25) is 5.91 Å². The fourth-order valence-electron chi connectivity index (χ4n) is 2.72. The van der Waals surface area contributed by atoms with Crippen LogP contribution in [0.3, 0.4) is 0 Å². The first-order chi connectivity index (χ1) is 12.5. The number of nitrogens with zero attached hydrogens (tertiary/aromatic N) is 3. The Hall–Kier alpha value is -2.45. The number of hydrogen-bond acceptors (Lipinski definition) is 7. The van der Waals surface area contributed by atoms with Crippen molar-refractivity contribution in [3.8, 4) is 5.75 Å². The zero-order valence-corrected chi connectivity index (χ0v) is 15.7. The third kappa shape index (κ3) is 4.59. The standard InChI is InChI=1S/C18H22N4O3S/c1-12-7-14(8-13(2)17(12)24)10-19-21-16(23)9-15-11-26-18(20-15)22-3-5-25-6-4-22/h7-8,10-11,24H,3-6,9H2,1-2H3,(H,21,23)/b19-10+. The summed E-state index contributed by atoms with van der Waals surface area (Å²) in [4.78, 5) is 18.7. The molecule has 138 valence electrons. The number of phenolic OH excluding ortho intramolecular Hbond substituents is 1. The summed E-state index contributed by atoms with van der Waals surface area (Å²) < 4.78 is 5.34. The third-order valence-corrected chi connectivity index (χ3v) is 5.03. The number of anilines is 1. The van der Waals surface area contributed by atoms with E-state index in [9.17, 15) is 9.90 Å². The summed E-state index contributed by atoms with van der Waals surface area (Å²) in [7, 11) is 0. The van der Waals surface area contributed by atoms with Crippen LogP contribution in [0.25, 0.3) is 0 Å². The van der Waals surface area contributed by atoms with E-state index in [2.05, 4.69) is 20.4 Å². The summed E-state index contributed by atoms with van der Waals surface area (Å²) in [6, 6.07) is 3.63. The molecule has 1 saturated heterocycles. The smallest absolute Gasteiger partial charge is 0.246 e. The molecule has 0 saturated carbocycles. The lowest BCUT2D eigenvalue weighted by Gasteiger charge is -2.26. The molecule has 26 heavy (non-hydrogen) atoms. The summed E-state index contributed by atoms with van der Waals surface area (Å²) in [5.74, 6) is 0.0677. The van der Waals surface area contributed by atoms with Crippen molar-refractivity contribution in [1.82, 2.24) is 10.4 Å². The van der Waals surface area contributed by atoms with E-state index in [0.717, 1.165) is 40.6 Å². The quantitative estimate of drug-likeness (QED) is 0.617. The minimum atomic E-state index is -0.215. The number of benzene rings is 1. The van der Waals surface area contributed by atoms with Crippen molar-refractivity contribution in [2.75, 3.05) is 31.2 Å². The number of rotatable bonds is 5. The van der Waals surface area contributed by atoms with Crippen molar-refractivity contribution in [3.63, 3.8) is 0 Å². The van der Waals surface area contributed by atoms with Gasteiger partial charge in [0.1, 0.15) is 5.75 Å². The van der Waals surface area contributed by atoms with Crippen LogP contribution in [0.2, 0.25) is 0 Å². The molecule has 0 radical (unpaired) electrons. The lowest BCUT2D eigenvalue weighted by molar-refractivity contribution is -0.120. The number of aromatic hydroxyl groups is 1. The average Bonchev–Trinajstić information content (AvgIpc) is 3.09. The predicted octanol–water partition coefficient (Wildman–Crippen LogP) is 1.99. The summed E-state index contributed by atoms with van der Waals surface area (Å²) in [6.07, 6.45) is 1.75. The van der Waals surface area contributed by atoms with Crippen LogP contribution in [0.5, 0.6) is 5.75 Å². The van der Waals surface area contributed by atoms with Gasteiger partial charge in [-0.3, -0.25) is 4.79 Å². The van der Waals surface area contributed by atoms with Crippen LogP contribution in [-0.4, -0.2) is 48.5 Å². The van der Waals surface area contributed by atoms with Gasteiger partial charge >= 0.3 is 0 Å². The molecule has 0 atom stereocenters. The molecule has 1 aromatic heterocycles. The van der Waals surface area contributed by atoms with Gasteiger partial charge < -0.3 is 14.7 Å². The summed E-state index contributed by atoms with van der Waals surface area (Å²) in [5, 5.41) is 16.6. The average molecular weight is 374 g/mol. The largest absolute Gasteiger partial charge is 0.507 e. The summed E-state index contributed by atoms with van der Waals surface area (Å²) in [6.45, 7) is 6.73. The number of amides is 1. The predicted molar refractivity (Wildman–Crippen MR) is 102 cm³/mol. The Kier molecular flexibility index (Phi) is 5.85. The molecule has 2 N–H and O–H groups in total. The number of carbonyl (C=O) groups excluding carboxylic acids is 1. The molecular weight excluding hydrogens is 352 g/mol. The Morgan fingerprint density at radius 1 is 1.38 bits per heavy atom. The lowest BCUT2D eigenvalue weighted by atomic mass is 10.1. The van der Waals surface area contributed by atoms with Crippen molar-refractivity contribution >= 4 is 28.6 Å². The van der Waals surface area contributed by atoms with Crippen molar-refractivity contribution in [3.05, 3.63) is 39.9 Å². The van der Waals surface area contributed by atoms with Gasteiger partial charge in [-0.05, 0) is 42.7 Å². The summed E-state index contributed by atoms with van der Waals surface area (Å²) >= 11 is 1.54. The van der Waals surface area contributed by atoms with E-state index in [1.54, 1.807) is 17.6 Å². The molecule has 8 heteroatoms. The number of hydrazone groups is 1. The van der Waals surface area contributed by atoms with Crippen LogP contribution in [-0.2, 0) is 16.0 Å². The second kappa shape index (κ2) is 8.29. The van der Waals surface area contributed by atoms with E-state index in [1.807, 2.05) is 31.4 Å². The van der Waals surface area contributed by atoms with Crippen molar-refractivity contribution in [1.29, 1.82) is 0 Å². The number of aromatic nitrogens is 1. The maximum Gasteiger partial charge on any atom is 0.246 e. The number of carbonyl (C=O) groups is 1. The van der Waals surface area contributed by atoms with E-state index in [1.165, 1.54) is 0 Å². The molecule has 0 spiro atoms. The van der Waals surface area contributed by atoms with Crippen LogP contribution in [0, 0.1) is 13.8 Å². The highest BCUT2D eigenvalue weighted by Gasteiger charge is 2.15. The van der Waals surface area contributed by atoms with Gasteiger partial charge in [-0.2, -0.15) is 5.10 Å². The van der Waals surface area contributed by atoms with Crippen LogP contribution in [0.15, 0.2) is 22.6 Å². The number of thiazole rings is 1. The highest BCUT2D eigenvalue weighted by Crippen LogP contribution is 2.22.